The van der Waals surface area contributed by atoms with Gasteiger partial charge in [0.15, 0.2) is 18.0 Å². The monoisotopic (exact) mass is 1260 g/mol. The van der Waals surface area contributed by atoms with Gasteiger partial charge in [0.2, 0.25) is 18.3 Å². The van der Waals surface area contributed by atoms with E-state index in [1.807, 2.05) is 48.5 Å². The molecule has 3 aliphatic rings. The number of nitrogens with zero attached hydrogens (tertiary/aromatic N) is 4. The third kappa shape index (κ3) is 15.8. The molecular weight excluding hydrogens is 1190 g/mol. The molecule has 0 spiro atoms. The van der Waals surface area contributed by atoms with Crippen molar-refractivity contribution < 1.29 is 81.0 Å². The van der Waals surface area contributed by atoms with Crippen LogP contribution in [0.4, 0.5) is 21.1 Å². The van der Waals surface area contributed by atoms with Crippen LogP contribution in [-0.2, 0) is 88.0 Å². The summed E-state index contributed by atoms with van der Waals surface area (Å²) in [5.41, 5.74) is 8.36. The zero-order valence-electron chi connectivity index (χ0n) is 52.0. The molecule has 3 amide bonds. The molecule has 10 rings (SSSR count). The summed E-state index contributed by atoms with van der Waals surface area (Å²) in [6.45, 7) is 8.88. The Balaban J connectivity index is 0.913. The molecule has 2 saturated heterocycles. The Labute approximate surface area is 530 Å². The molecule has 482 valence electrons. The van der Waals surface area contributed by atoms with Gasteiger partial charge in [0.05, 0.1) is 29.4 Å². The van der Waals surface area contributed by atoms with Crippen molar-refractivity contribution in [2.45, 2.75) is 129 Å². The standard InChI is InChI=1S/C68H73N7O17/c1-7-8-19-57-72-59-60(75(57)35-44-22-20-43(21-23-44)34-74-30-13-14-31-74)51-26-25-46(65(81)84-6)33-53(51)71-64(59)73-68(83)86-36-45-24-27-55(91-66-63(90-42(5)79)62(89-41(4)78)61(88-40(3)77)56(92-66)38-85-39(2)76)54(32-45)70-58(80)28-29-69-67(82)87-37-52-49-17-11-9-15-47(49)48-16-10-12-18-50(48)52/h9-12,15-18,20-27,32-33,52,56,61-63,66H,7-8,13-14,19,28-31,34-38H2,1-6H3,(H,69,82)(H,70,80)(H,71,73,83)/t56-,61-,62+,63+,66+/m1/s1. The van der Waals surface area contributed by atoms with E-state index in [0.717, 1.165) is 93.8 Å². The number of methoxy groups -OCH3 is 1. The van der Waals surface area contributed by atoms with Gasteiger partial charge in [0.25, 0.3) is 0 Å². The lowest BCUT2D eigenvalue weighted by Crippen LogP contribution is -2.63. The maximum absolute atomic E-state index is 14.2. The van der Waals surface area contributed by atoms with Crippen LogP contribution in [0, 0.1) is 0 Å². The third-order valence-electron chi connectivity index (χ3n) is 16.0. The minimum atomic E-state index is -1.71. The molecule has 5 atom stereocenters. The zero-order valence-corrected chi connectivity index (χ0v) is 52.0. The molecule has 24 heteroatoms. The number of unbranched alkanes of at least 4 members (excludes halogenated alkanes) is 1. The lowest BCUT2D eigenvalue weighted by molar-refractivity contribution is -0.288. The Hall–Kier alpha value is -9.94. The summed E-state index contributed by atoms with van der Waals surface area (Å²) in [6.07, 6.45) is -5.05. The minimum Gasteiger partial charge on any atom is -0.465 e. The van der Waals surface area contributed by atoms with Crippen LogP contribution in [-0.4, -0.2) is 138 Å². The predicted octanol–water partition coefficient (Wildman–Crippen LogP) is 9.44. The molecule has 0 bridgehead atoms. The van der Waals surface area contributed by atoms with E-state index in [2.05, 4.69) is 56.6 Å². The Kier molecular flexibility index (Phi) is 21.1. The molecule has 2 aliphatic heterocycles. The summed E-state index contributed by atoms with van der Waals surface area (Å²) in [4.78, 5) is 117. The SMILES string of the molecule is CCCCc1nc2c(NC(=O)OCc3ccc(O[C@H]4O[C@H](COC(C)=O)[C@@H](OC(C)=O)[C@H](OC(C)=O)[C@@H]4OC(C)=O)c(NC(=O)CCNC(=O)OCC4c5ccccc5-c5ccccc54)c3)nc3cc(C(=O)OC)ccc3c2n1Cc1ccc(CN2CCCC2)cc1. The number of nitrogens with one attached hydrogen (secondary N) is 3. The maximum atomic E-state index is 14.2. The van der Waals surface area contributed by atoms with Gasteiger partial charge >= 0.3 is 42.0 Å². The van der Waals surface area contributed by atoms with Gasteiger partial charge in [-0.1, -0.05) is 92.2 Å². The van der Waals surface area contributed by atoms with Crippen LogP contribution in [0.2, 0.25) is 0 Å². The first-order chi connectivity index (χ1) is 44.4. The van der Waals surface area contributed by atoms with E-state index < -0.39 is 91.9 Å². The summed E-state index contributed by atoms with van der Waals surface area (Å²) in [7, 11) is 1.28. The number of likely N-dealkylation sites (tertiary alicyclic amines) is 1. The number of hydrogen-bond acceptors (Lipinski definition) is 20. The number of imidazole rings is 1. The van der Waals surface area contributed by atoms with Gasteiger partial charge < -0.3 is 57.8 Å². The lowest BCUT2D eigenvalue weighted by Gasteiger charge is -2.44. The molecule has 7 aromatic rings. The molecule has 2 fully saturated rings. The van der Waals surface area contributed by atoms with Crippen LogP contribution in [0.3, 0.4) is 0 Å². The first kappa shape index (κ1) is 65.0. The number of carbonyl (C=O) groups excluding carboxylic acids is 8. The van der Waals surface area contributed by atoms with E-state index in [0.29, 0.717) is 40.5 Å². The minimum absolute atomic E-state index is 0.0405. The average molecular weight is 1260 g/mol. The highest BCUT2D eigenvalue weighted by Crippen LogP contribution is 2.45. The van der Waals surface area contributed by atoms with E-state index in [1.54, 1.807) is 18.2 Å². The van der Waals surface area contributed by atoms with Gasteiger partial charge in [0, 0.05) is 71.5 Å². The molecule has 1 aliphatic carbocycles. The van der Waals surface area contributed by atoms with Crippen molar-refractivity contribution in [3.63, 3.8) is 0 Å². The van der Waals surface area contributed by atoms with Crippen molar-refractivity contribution in [1.82, 2.24) is 24.8 Å². The first-order valence-electron chi connectivity index (χ1n) is 30.6. The highest BCUT2D eigenvalue weighted by molar-refractivity contribution is 6.10. The largest absolute Gasteiger partial charge is 0.465 e. The van der Waals surface area contributed by atoms with Crippen molar-refractivity contribution in [2.24, 2.45) is 0 Å². The molecule has 24 nitrogen and oxygen atoms in total. The Morgan fingerprint density at radius 1 is 0.652 bits per heavy atom. The fourth-order valence-corrected chi connectivity index (χ4v) is 11.8. The fourth-order valence-electron chi connectivity index (χ4n) is 11.8. The summed E-state index contributed by atoms with van der Waals surface area (Å²) in [5.74, 6) is -4.03. The fraction of sp³-hybridized carbons (Fsp3) is 0.382. The molecule has 0 unspecified atom stereocenters. The number of anilines is 2. The van der Waals surface area contributed by atoms with Crippen molar-refractivity contribution >= 4 is 81.4 Å². The van der Waals surface area contributed by atoms with Gasteiger partial charge in [0.1, 0.15) is 43.0 Å². The lowest BCUT2D eigenvalue weighted by atomic mass is 9.98. The second kappa shape index (κ2) is 29.8. The number of ether oxygens (including phenoxy) is 9. The van der Waals surface area contributed by atoms with Crippen molar-refractivity contribution in [3.05, 3.63) is 148 Å². The molecule has 3 N–H and O–H groups in total. The number of amides is 3. The second-order valence-corrected chi connectivity index (χ2v) is 22.7. The van der Waals surface area contributed by atoms with Crippen LogP contribution in [0.1, 0.15) is 117 Å². The van der Waals surface area contributed by atoms with Gasteiger partial charge in [-0.2, -0.15) is 0 Å². The quantitative estimate of drug-likeness (QED) is 0.0375. The number of esters is 5. The topological polar surface area (TPSA) is 290 Å². The molecular formula is C68H73N7O17. The average Bonchev–Trinajstić information content (AvgIpc) is 1.54. The predicted molar refractivity (Wildman–Crippen MR) is 334 cm³/mol. The third-order valence-corrected chi connectivity index (χ3v) is 16.0. The molecule has 5 aromatic carbocycles. The first-order valence-corrected chi connectivity index (χ1v) is 30.6. The number of carbonyl (C=O) groups is 8. The number of rotatable bonds is 24. The highest BCUT2D eigenvalue weighted by Gasteiger charge is 2.53. The van der Waals surface area contributed by atoms with E-state index in [1.165, 1.54) is 43.7 Å². The number of aromatic nitrogens is 3. The Morgan fingerprint density at radius 3 is 1.97 bits per heavy atom. The normalized spacial score (nSPS) is 17.6. The van der Waals surface area contributed by atoms with Gasteiger partial charge in [-0.25, -0.2) is 24.4 Å². The zero-order chi connectivity index (χ0) is 65.0. The number of aryl methyl sites for hydroxylation is 1. The second-order valence-electron chi connectivity index (χ2n) is 22.7. The van der Waals surface area contributed by atoms with E-state index in [4.69, 9.17) is 52.6 Å². The molecule has 92 heavy (non-hydrogen) atoms. The van der Waals surface area contributed by atoms with Gasteiger partial charge in [-0.3, -0.25) is 34.2 Å². The molecule has 0 radical (unpaired) electrons. The highest BCUT2D eigenvalue weighted by atomic mass is 16.7. The van der Waals surface area contributed by atoms with Crippen molar-refractivity contribution in [1.29, 1.82) is 0 Å². The van der Waals surface area contributed by atoms with Crippen molar-refractivity contribution in [3.8, 4) is 16.9 Å². The van der Waals surface area contributed by atoms with Crippen LogP contribution in [0.5, 0.6) is 5.75 Å². The summed E-state index contributed by atoms with van der Waals surface area (Å²) in [6, 6.07) is 33.7. The van der Waals surface area contributed by atoms with Crippen molar-refractivity contribution in [2.75, 3.05) is 50.6 Å². The number of benzene rings is 5. The van der Waals surface area contributed by atoms with E-state index in [9.17, 15) is 38.4 Å². The smallest absolute Gasteiger partial charge is 0.413 e. The van der Waals surface area contributed by atoms with Gasteiger partial charge in [-0.15, -0.1) is 0 Å². The summed E-state index contributed by atoms with van der Waals surface area (Å²) >= 11 is 0. The number of alkyl carbamates (subject to hydrolysis) is 1. The molecule has 0 saturated carbocycles. The van der Waals surface area contributed by atoms with E-state index >= 15 is 0 Å². The molecule has 2 aromatic heterocycles. The van der Waals surface area contributed by atoms with Crippen LogP contribution < -0.4 is 20.7 Å². The summed E-state index contributed by atoms with van der Waals surface area (Å²) < 4.78 is 53.4. The van der Waals surface area contributed by atoms with Gasteiger partial charge in [-0.05, 0) is 102 Å². The van der Waals surface area contributed by atoms with E-state index in [-0.39, 0.29) is 48.3 Å². The summed E-state index contributed by atoms with van der Waals surface area (Å²) in [5, 5.41) is 8.90. The maximum Gasteiger partial charge on any atom is 0.413 e. The van der Waals surface area contributed by atoms with Crippen LogP contribution in [0.25, 0.3) is 33.1 Å². The van der Waals surface area contributed by atoms with Crippen LogP contribution >= 0.6 is 0 Å². The number of fused-ring (bicyclic) bond motifs is 6. The van der Waals surface area contributed by atoms with Crippen LogP contribution in [0.15, 0.2) is 109 Å². The number of pyridine rings is 1. The Bertz CT molecular complexity index is 3860. The number of hydrogen-bond donors (Lipinski definition) is 3. The molecule has 4 heterocycles. The Morgan fingerprint density at radius 2 is 1.30 bits per heavy atom.